The van der Waals surface area contributed by atoms with Crippen LogP contribution in [0.2, 0.25) is 10.0 Å². The highest BCUT2D eigenvalue weighted by molar-refractivity contribution is 6.34. The van der Waals surface area contributed by atoms with E-state index in [1.807, 2.05) is 43.3 Å². The van der Waals surface area contributed by atoms with Gasteiger partial charge in [-0.25, -0.2) is 10.2 Å². The van der Waals surface area contributed by atoms with Crippen LogP contribution in [0.3, 0.4) is 0 Å². The highest BCUT2D eigenvalue weighted by Gasteiger charge is 2.21. The smallest absolute Gasteiger partial charge is 0.343 e. The van der Waals surface area contributed by atoms with Crippen molar-refractivity contribution in [1.82, 2.24) is 10.4 Å². The van der Waals surface area contributed by atoms with Crippen LogP contribution in [-0.2, 0) is 0 Å². The molecule has 0 aliphatic carbocycles. The van der Waals surface area contributed by atoms with E-state index in [2.05, 4.69) is 15.5 Å². The number of halogens is 2. The summed E-state index contributed by atoms with van der Waals surface area (Å²) in [7, 11) is 1.46. The van der Waals surface area contributed by atoms with Crippen LogP contribution in [0.1, 0.15) is 33.3 Å². The number of hydrogen-bond acceptors (Lipinski definition) is 6. The molecule has 0 aliphatic heterocycles. The number of hydrazone groups is 1. The summed E-state index contributed by atoms with van der Waals surface area (Å²) in [5, 5.41) is 5.94. The zero-order valence-corrected chi connectivity index (χ0v) is 24.1. The summed E-state index contributed by atoms with van der Waals surface area (Å²) < 4.78 is 16.6. The second kappa shape index (κ2) is 12.8. The molecule has 0 saturated carbocycles. The number of carbonyl (C=O) groups excluding carboxylic acids is 2. The van der Waals surface area contributed by atoms with Crippen molar-refractivity contribution >= 4 is 52.2 Å². The first-order chi connectivity index (χ1) is 20.4. The maximum absolute atomic E-state index is 13.4. The topological polar surface area (TPSA) is 102 Å². The Kier molecular flexibility index (Phi) is 8.76. The molecule has 0 bridgehead atoms. The molecule has 0 radical (unpaired) electrons. The number of benzene rings is 4. The van der Waals surface area contributed by atoms with Crippen LogP contribution < -0.4 is 19.6 Å². The van der Waals surface area contributed by atoms with Gasteiger partial charge in [0.25, 0.3) is 5.91 Å². The standard InChI is InChI=1S/C32H25Cl2N3O5/c1-3-41-22-13-14-26-24(17-22)29(23-6-4-5-7-25(23)34)30(36-26)31(38)37-35-18-19-8-15-27(28(16-19)40-2)42-32(39)20-9-11-21(33)12-10-20/h4-18,36H,3H2,1-2H3,(H,37,38). The predicted octanol–water partition coefficient (Wildman–Crippen LogP) is 7.53. The third kappa shape index (κ3) is 6.25. The Morgan fingerprint density at radius 2 is 1.74 bits per heavy atom. The van der Waals surface area contributed by atoms with Gasteiger partial charge >= 0.3 is 5.97 Å². The minimum Gasteiger partial charge on any atom is -0.494 e. The van der Waals surface area contributed by atoms with Crippen molar-refractivity contribution in [1.29, 1.82) is 0 Å². The van der Waals surface area contributed by atoms with Gasteiger partial charge < -0.3 is 19.2 Å². The molecule has 212 valence electrons. The normalized spacial score (nSPS) is 11.0. The first-order valence-corrected chi connectivity index (χ1v) is 13.7. The van der Waals surface area contributed by atoms with Crippen LogP contribution >= 0.6 is 23.2 Å². The molecule has 2 N–H and O–H groups in total. The number of nitrogens with one attached hydrogen (secondary N) is 2. The van der Waals surface area contributed by atoms with E-state index in [0.717, 1.165) is 10.9 Å². The molecular formula is C32H25Cl2N3O5. The van der Waals surface area contributed by atoms with E-state index in [1.54, 1.807) is 48.5 Å². The molecule has 8 nitrogen and oxygen atoms in total. The fourth-order valence-corrected chi connectivity index (χ4v) is 4.71. The average Bonchev–Trinajstić information content (AvgIpc) is 3.37. The summed E-state index contributed by atoms with van der Waals surface area (Å²) in [5.41, 5.74) is 5.90. The number of esters is 1. The molecule has 1 amide bonds. The van der Waals surface area contributed by atoms with E-state index < -0.39 is 11.9 Å². The highest BCUT2D eigenvalue weighted by atomic mass is 35.5. The van der Waals surface area contributed by atoms with E-state index in [9.17, 15) is 9.59 Å². The van der Waals surface area contributed by atoms with E-state index in [4.69, 9.17) is 37.4 Å². The molecule has 4 aromatic carbocycles. The van der Waals surface area contributed by atoms with Crippen LogP contribution in [0.4, 0.5) is 0 Å². The van der Waals surface area contributed by atoms with Crippen molar-refractivity contribution < 1.29 is 23.8 Å². The molecule has 1 heterocycles. The van der Waals surface area contributed by atoms with Crippen molar-refractivity contribution in [2.75, 3.05) is 13.7 Å². The molecule has 0 saturated heterocycles. The van der Waals surface area contributed by atoms with Gasteiger partial charge in [0.15, 0.2) is 11.5 Å². The van der Waals surface area contributed by atoms with Crippen LogP contribution in [0, 0.1) is 0 Å². The van der Waals surface area contributed by atoms with Gasteiger partial charge in [-0.1, -0.05) is 41.4 Å². The van der Waals surface area contributed by atoms with E-state index in [0.29, 0.717) is 56.1 Å². The molecule has 5 rings (SSSR count). The average molecular weight is 602 g/mol. The van der Waals surface area contributed by atoms with E-state index in [-0.39, 0.29) is 5.75 Å². The van der Waals surface area contributed by atoms with Gasteiger partial charge in [-0.3, -0.25) is 4.79 Å². The summed E-state index contributed by atoms with van der Waals surface area (Å²) in [4.78, 5) is 29.1. The Morgan fingerprint density at radius 1 is 0.952 bits per heavy atom. The number of H-pyrrole nitrogens is 1. The fraction of sp³-hybridized carbons (Fsp3) is 0.0938. The third-order valence-electron chi connectivity index (χ3n) is 6.30. The lowest BCUT2D eigenvalue weighted by molar-refractivity contribution is 0.0729. The molecule has 5 aromatic rings. The first-order valence-electron chi connectivity index (χ1n) is 12.9. The number of amides is 1. The van der Waals surface area contributed by atoms with E-state index in [1.165, 1.54) is 13.3 Å². The molecule has 0 fully saturated rings. The van der Waals surface area contributed by atoms with Crippen LogP contribution in [0.5, 0.6) is 17.2 Å². The van der Waals surface area contributed by atoms with Crippen molar-refractivity contribution in [3.8, 4) is 28.4 Å². The Balaban J connectivity index is 1.37. The zero-order valence-electron chi connectivity index (χ0n) is 22.6. The number of carbonyl (C=O) groups is 2. The quantitative estimate of drug-likeness (QED) is 0.0786. The summed E-state index contributed by atoms with van der Waals surface area (Å²) in [5.74, 6) is 0.204. The van der Waals surface area contributed by atoms with Gasteiger partial charge in [0.1, 0.15) is 11.4 Å². The molecule has 0 spiro atoms. The Hall–Kier alpha value is -4.79. The van der Waals surface area contributed by atoms with Crippen LogP contribution in [-0.4, -0.2) is 36.8 Å². The molecule has 0 atom stereocenters. The van der Waals surface area contributed by atoms with Gasteiger partial charge in [-0.15, -0.1) is 0 Å². The highest BCUT2D eigenvalue weighted by Crippen LogP contribution is 2.38. The maximum Gasteiger partial charge on any atom is 0.343 e. The molecule has 1 aromatic heterocycles. The number of methoxy groups -OCH3 is 1. The monoisotopic (exact) mass is 601 g/mol. The fourth-order valence-electron chi connectivity index (χ4n) is 4.36. The molecule has 42 heavy (non-hydrogen) atoms. The molecule has 0 unspecified atom stereocenters. The van der Waals surface area contributed by atoms with Crippen LogP contribution in [0.15, 0.2) is 90.0 Å². The number of ether oxygens (including phenoxy) is 3. The van der Waals surface area contributed by atoms with Gasteiger partial charge in [0, 0.05) is 32.1 Å². The summed E-state index contributed by atoms with van der Waals surface area (Å²) in [6.45, 7) is 2.42. The second-order valence-electron chi connectivity index (χ2n) is 9.00. The largest absolute Gasteiger partial charge is 0.494 e. The minimum absolute atomic E-state index is 0.229. The van der Waals surface area contributed by atoms with Gasteiger partial charge in [0.2, 0.25) is 0 Å². The SMILES string of the molecule is CCOc1ccc2[nH]c(C(=O)NN=Cc3ccc(OC(=O)c4ccc(Cl)cc4)c(OC)c3)c(-c3ccccc3Cl)c2c1. The number of aromatic nitrogens is 1. The van der Waals surface area contributed by atoms with Gasteiger partial charge in [-0.2, -0.15) is 5.10 Å². The lowest BCUT2D eigenvalue weighted by atomic mass is 10.0. The van der Waals surface area contributed by atoms with Crippen molar-refractivity contribution in [3.05, 3.63) is 112 Å². The lowest BCUT2D eigenvalue weighted by Crippen LogP contribution is -2.19. The number of fused-ring (bicyclic) bond motifs is 1. The lowest BCUT2D eigenvalue weighted by Gasteiger charge is -2.10. The van der Waals surface area contributed by atoms with E-state index >= 15 is 0 Å². The van der Waals surface area contributed by atoms with Gasteiger partial charge in [-0.05, 0) is 79.2 Å². The predicted molar refractivity (Wildman–Crippen MR) is 164 cm³/mol. The first kappa shape index (κ1) is 28.7. The molecule has 10 heteroatoms. The minimum atomic E-state index is -0.556. The van der Waals surface area contributed by atoms with Crippen molar-refractivity contribution in [2.24, 2.45) is 5.10 Å². The maximum atomic E-state index is 13.4. The molecule has 0 aliphatic rings. The third-order valence-corrected chi connectivity index (χ3v) is 6.88. The number of aromatic amines is 1. The van der Waals surface area contributed by atoms with Crippen LogP contribution in [0.25, 0.3) is 22.0 Å². The Morgan fingerprint density at radius 3 is 2.48 bits per heavy atom. The number of nitrogens with zero attached hydrogens (tertiary/aromatic N) is 1. The summed E-state index contributed by atoms with van der Waals surface area (Å²) in [6, 6.07) is 24.1. The summed E-state index contributed by atoms with van der Waals surface area (Å²) >= 11 is 12.4. The van der Waals surface area contributed by atoms with Crippen molar-refractivity contribution in [2.45, 2.75) is 6.92 Å². The molecular weight excluding hydrogens is 577 g/mol. The Bertz CT molecular complexity index is 1800. The van der Waals surface area contributed by atoms with Crippen molar-refractivity contribution in [3.63, 3.8) is 0 Å². The Labute approximate surface area is 251 Å². The summed E-state index contributed by atoms with van der Waals surface area (Å²) in [6.07, 6.45) is 1.45. The number of hydrogen-bond donors (Lipinski definition) is 2. The number of rotatable bonds is 9. The van der Waals surface area contributed by atoms with Gasteiger partial charge in [0.05, 0.1) is 25.5 Å². The zero-order chi connectivity index (χ0) is 29.6. The second-order valence-corrected chi connectivity index (χ2v) is 9.84.